The molecule has 0 radical (unpaired) electrons. The summed E-state index contributed by atoms with van der Waals surface area (Å²) < 4.78 is 0. The topological polar surface area (TPSA) is 18.5 Å². The van der Waals surface area contributed by atoms with Crippen molar-refractivity contribution >= 4 is 0 Å². The first-order valence-electron chi connectivity index (χ1n) is 6.57. The van der Waals surface area contributed by atoms with E-state index in [9.17, 15) is 0 Å². The molecule has 2 aliphatic rings. The molecule has 3 nitrogen and oxygen atoms in total. The third-order valence-corrected chi connectivity index (χ3v) is 3.55. The molecule has 1 heterocycles. The van der Waals surface area contributed by atoms with Gasteiger partial charge in [-0.1, -0.05) is 6.92 Å². The molecular weight excluding hydrogens is 186 g/mol. The van der Waals surface area contributed by atoms with Crippen molar-refractivity contribution in [3.63, 3.8) is 0 Å². The monoisotopic (exact) mass is 211 g/mol. The lowest BCUT2D eigenvalue weighted by molar-refractivity contribution is 0.125. The third kappa shape index (κ3) is 3.74. The van der Waals surface area contributed by atoms with E-state index in [4.69, 9.17) is 0 Å². The average molecular weight is 211 g/mol. The van der Waals surface area contributed by atoms with Gasteiger partial charge in [-0.2, -0.15) is 0 Å². The lowest BCUT2D eigenvalue weighted by Gasteiger charge is -2.34. The molecule has 1 aliphatic heterocycles. The van der Waals surface area contributed by atoms with Gasteiger partial charge in [0.25, 0.3) is 0 Å². The lowest BCUT2D eigenvalue weighted by atomic mass is 10.3. The maximum atomic E-state index is 3.39. The Balaban J connectivity index is 1.53. The number of hydrogen-bond acceptors (Lipinski definition) is 3. The Bertz CT molecular complexity index is 172. The van der Waals surface area contributed by atoms with Crippen molar-refractivity contribution in [2.75, 3.05) is 45.8 Å². The van der Waals surface area contributed by atoms with Crippen molar-refractivity contribution < 1.29 is 0 Å². The first-order valence-corrected chi connectivity index (χ1v) is 6.57. The molecule has 0 bridgehead atoms. The highest BCUT2D eigenvalue weighted by molar-refractivity contribution is 4.87. The van der Waals surface area contributed by atoms with Crippen molar-refractivity contribution in [3.8, 4) is 0 Å². The van der Waals surface area contributed by atoms with Gasteiger partial charge >= 0.3 is 0 Å². The summed E-state index contributed by atoms with van der Waals surface area (Å²) in [7, 11) is 0. The van der Waals surface area contributed by atoms with Crippen LogP contribution in [-0.2, 0) is 0 Å². The van der Waals surface area contributed by atoms with Crippen molar-refractivity contribution in [2.24, 2.45) is 0 Å². The van der Waals surface area contributed by atoms with E-state index in [0.29, 0.717) is 0 Å². The van der Waals surface area contributed by atoms with Gasteiger partial charge in [-0.3, -0.25) is 4.90 Å². The molecule has 0 aromatic rings. The molecule has 2 fully saturated rings. The van der Waals surface area contributed by atoms with Crippen molar-refractivity contribution in [1.82, 2.24) is 15.1 Å². The summed E-state index contributed by atoms with van der Waals surface area (Å²) in [5, 5.41) is 3.39. The molecule has 0 aromatic heterocycles. The minimum Gasteiger partial charge on any atom is -0.317 e. The largest absolute Gasteiger partial charge is 0.317 e. The first-order chi connectivity index (χ1) is 7.40. The van der Waals surface area contributed by atoms with E-state index < -0.39 is 0 Å². The molecule has 3 heteroatoms. The Labute approximate surface area is 93.8 Å². The highest BCUT2D eigenvalue weighted by Crippen LogP contribution is 2.27. The van der Waals surface area contributed by atoms with Crippen LogP contribution in [0.1, 0.15) is 26.2 Å². The van der Waals surface area contributed by atoms with Crippen LogP contribution in [0.3, 0.4) is 0 Å². The predicted octanol–water partition coefficient (Wildman–Crippen LogP) is 0.766. The van der Waals surface area contributed by atoms with Crippen LogP contribution in [0.15, 0.2) is 0 Å². The molecule has 0 amide bonds. The molecule has 2 rings (SSSR count). The molecule has 0 spiro atoms. The average Bonchev–Trinajstić information content (AvgIpc) is 3.09. The van der Waals surface area contributed by atoms with E-state index in [0.717, 1.165) is 12.6 Å². The summed E-state index contributed by atoms with van der Waals surface area (Å²) in [6.07, 6.45) is 4.22. The molecule has 1 saturated carbocycles. The van der Waals surface area contributed by atoms with Crippen LogP contribution in [-0.4, -0.2) is 61.7 Å². The van der Waals surface area contributed by atoms with Gasteiger partial charge in [0.1, 0.15) is 0 Å². The zero-order valence-corrected chi connectivity index (χ0v) is 10.0. The zero-order valence-electron chi connectivity index (χ0n) is 10.0. The second-order valence-corrected chi connectivity index (χ2v) is 4.82. The van der Waals surface area contributed by atoms with E-state index in [1.807, 2.05) is 0 Å². The SMILES string of the molecule is CCNCCCN1CCN(C2CC2)CC1. The summed E-state index contributed by atoms with van der Waals surface area (Å²) in [5.41, 5.74) is 0. The maximum Gasteiger partial charge on any atom is 0.0113 e. The number of nitrogens with one attached hydrogen (secondary N) is 1. The highest BCUT2D eigenvalue weighted by atomic mass is 15.3. The number of hydrogen-bond donors (Lipinski definition) is 1. The third-order valence-electron chi connectivity index (χ3n) is 3.55. The van der Waals surface area contributed by atoms with E-state index in [1.165, 1.54) is 58.5 Å². The van der Waals surface area contributed by atoms with Crippen LogP contribution < -0.4 is 5.32 Å². The van der Waals surface area contributed by atoms with Crippen molar-refractivity contribution in [1.29, 1.82) is 0 Å². The zero-order chi connectivity index (χ0) is 10.5. The van der Waals surface area contributed by atoms with E-state index in [-0.39, 0.29) is 0 Å². The van der Waals surface area contributed by atoms with Crippen LogP contribution >= 0.6 is 0 Å². The van der Waals surface area contributed by atoms with Gasteiger partial charge in [-0.25, -0.2) is 0 Å². The van der Waals surface area contributed by atoms with Crippen LogP contribution in [0.4, 0.5) is 0 Å². The van der Waals surface area contributed by atoms with Gasteiger partial charge in [-0.15, -0.1) is 0 Å². The van der Waals surface area contributed by atoms with E-state index in [2.05, 4.69) is 22.0 Å². The molecule has 1 saturated heterocycles. The Morgan fingerprint density at radius 3 is 2.47 bits per heavy atom. The fourth-order valence-electron chi connectivity index (χ4n) is 2.40. The molecule has 0 atom stereocenters. The fourth-order valence-corrected chi connectivity index (χ4v) is 2.40. The minimum atomic E-state index is 0.967. The summed E-state index contributed by atoms with van der Waals surface area (Å²) in [6.45, 7) is 11.0. The number of piperazine rings is 1. The Morgan fingerprint density at radius 2 is 1.87 bits per heavy atom. The van der Waals surface area contributed by atoms with Crippen LogP contribution in [0.5, 0.6) is 0 Å². The molecule has 0 unspecified atom stereocenters. The molecular formula is C12H25N3. The predicted molar refractivity (Wildman–Crippen MR) is 64.2 cm³/mol. The first kappa shape index (κ1) is 11.4. The van der Waals surface area contributed by atoms with Gasteiger partial charge in [0, 0.05) is 32.2 Å². The van der Waals surface area contributed by atoms with Crippen LogP contribution in [0, 0.1) is 0 Å². The van der Waals surface area contributed by atoms with Crippen LogP contribution in [0.2, 0.25) is 0 Å². The molecule has 0 aromatic carbocycles. The van der Waals surface area contributed by atoms with Gasteiger partial charge in [0.05, 0.1) is 0 Å². The molecule has 88 valence electrons. The summed E-state index contributed by atoms with van der Waals surface area (Å²) in [6, 6.07) is 0.967. The molecule has 1 aliphatic carbocycles. The lowest BCUT2D eigenvalue weighted by Crippen LogP contribution is -2.47. The molecule has 15 heavy (non-hydrogen) atoms. The molecule has 1 N–H and O–H groups in total. The smallest absolute Gasteiger partial charge is 0.0113 e. The standard InChI is InChI=1S/C12H25N3/c1-2-13-6-3-7-14-8-10-15(11-9-14)12-4-5-12/h12-13H,2-11H2,1H3. The van der Waals surface area contributed by atoms with E-state index in [1.54, 1.807) is 0 Å². The van der Waals surface area contributed by atoms with Gasteiger partial charge in [0.15, 0.2) is 0 Å². The summed E-state index contributed by atoms with van der Waals surface area (Å²) in [5.74, 6) is 0. The van der Waals surface area contributed by atoms with E-state index >= 15 is 0 Å². The number of nitrogens with zero attached hydrogens (tertiary/aromatic N) is 2. The summed E-state index contributed by atoms with van der Waals surface area (Å²) in [4.78, 5) is 5.30. The van der Waals surface area contributed by atoms with Gasteiger partial charge in [-0.05, 0) is 38.9 Å². The number of rotatable bonds is 6. The Morgan fingerprint density at radius 1 is 1.13 bits per heavy atom. The maximum absolute atomic E-state index is 3.39. The highest BCUT2D eigenvalue weighted by Gasteiger charge is 2.30. The van der Waals surface area contributed by atoms with Gasteiger partial charge < -0.3 is 10.2 Å². The van der Waals surface area contributed by atoms with Crippen molar-refractivity contribution in [3.05, 3.63) is 0 Å². The fraction of sp³-hybridized carbons (Fsp3) is 1.00. The Hall–Kier alpha value is -0.120. The normalized spacial score (nSPS) is 24.6. The minimum absolute atomic E-state index is 0.967. The summed E-state index contributed by atoms with van der Waals surface area (Å²) >= 11 is 0. The Kier molecular flexibility index (Phi) is 4.42. The quantitative estimate of drug-likeness (QED) is 0.655. The second kappa shape index (κ2) is 5.83. The van der Waals surface area contributed by atoms with Crippen LogP contribution in [0.25, 0.3) is 0 Å². The van der Waals surface area contributed by atoms with Crippen molar-refractivity contribution in [2.45, 2.75) is 32.2 Å². The second-order valence-electron chi connectivity index (χ2n) is 4.82. The van der Waals surface area contributed by atoms with Gasteiger partial charge in [0.2, 0.25) is 0 Å².